The number of hydrogen-bond acceptors (Lipinski definition) is 5. The fraction of sp³-hybridized carbons (Fsp3) is 0.500. The minimum absolute atomic E-state index is 0.0174. The highest BCUT2D eigenvalue weighted by Crippen LogP contribution is 2.21. The lowest BCUT2D eigenvalue weighted by Gasteiger charge is -2.31. The third-order valence-electron chi connectivity index (χ3n) is 5.77. The Hall–Kier alpha value is -2.67. The van der Waals surface area contributed by atoms with Crippen molar-refractivity contribution in [3.8, 4) is 5.75 Å². The number of methoxy groups -OCH3 is 1. The number of carbonyl (C=O) groups excluding carboxylic acids is 1. The number of rotatable bonds is 6. The third kappa shape index (κ3) is 4.85. The lowest BCUT2D eigenvalue weighted by molar-refractivity contribution is 0.0787. The summed E-state index contributed by atoms with van der Waals surface area (Å²) in [4.78, 5) is 16.8. The Morgan fingerprint density at radius 3 is 2.72 bits per heavy atom. The molecule has 7 nitrogen and oxygen atoms in total. The fourth-order valence-electron chi connectivity index (χ4n) is 4.10. The Balaban J connectivity index is 1.32. The zero-order chi connectivity index (χ0) is 20.1. The summed E-state index contributed by atoms with van der Waals surface area (Å²) in [6.45, 7) is 4.58. The van der Waals surface area contributed by atoms with E-state index >= 15 is 0 Å². The van der Waals surface area contributed by atoms with Gasteiger partial charge in [-0.05, 0) is 49.9 Å². The molecule has 2 aliphatic rings. The van der Waals surface area contributed by atoms with E-state index in [4.69, 9.17) is 4.74 Å². The minimum Gasteiger partial charge on any atom is -0.497 e. The first-order valence-electron chi connectivity index (χ1n) is 10.5. The molecule has 4 rings (SSSR count). The summed E-state index contributed by atoms with van der Waals surface area (Å²) in [5, 5.41) is 8.43. The van der Waals surface area contributed by atoms with E-state index in [0.29, 0.717) is 5.69 Å². The van der Waals surface area contributed by atoms with Crippen LogP contribution in [0.4, 0.5) is 0 Å². The van der Waals surface area contributed by atoms with Crippen LogP contribution in [0.1, 0.15) is 47.8 Å². The number of benzene rings is 1. The summed E-state index contributed by atoms with van der Waals surface area (Å²) in [5.41, 5.74) is 1.64. The molecule has 0 spiro atoms. The van der Waals surface area contributed by atoms with Gasteiger partial charge in [-0.3, -0.25) is 9.69 Å². The molecule has 0 aliphatic carbocycles. The molecule has 0 radical (unpaired) electrons. The molecule has 1 aromatic carbocycles. The van der Waals surface area contributed by atoms with Crippen LogP contribution in [0.2, 0.25) is 0 Å². The number of nitrogens with zero attached hydrogens (tertiary/aromatic N) is 5. The lowest BCUT2D eigenvalue weighted by atomic mass is 10.1. The second-order valence-electron chi connectivity index (χ2n) is 7.81. The summed E-state index contributed by atoms with van der Waals surface area (Å²) < 4.78 is 7.09. The van der Waals surface area contributed by atoms with Gasteiger partial charge in [0, 0.05) is 26.2 Å². The highest BCUT2D eigenvalue weighted by atomic mass is 16.5. The molecule has 29 heavy (non-hydrogen) atoms. The van der Waals surface area contributed by atoms with Gasteiger partial charge in [0.05, 0.1) is 19.3 Å². The van der Waals surface area contributed by atoms with Gasteiger partial charge < -0.3 is 9.64 Å². The Kier molecular flexibility index (Phi) is 6.24. The predicted octanol–water partition coefficient (Wildman–Crippen LogP) is 2.87. The van der Waals surface area contributed by atoms with Crippen molar-refractivity contribution in [1.29, 1.82) is 0 Å². The van der Waals surface area contributed by atoms with Crippen molar-refractivity contribution >= 4 is 12.0 Å². The zero-order valence-electron chi connectivity index (χ0n) is 17.0. The second kappa shape index (κ2) is 9.22. The van der Waals surface area contributed by atoms with Crippen molar-refractivity contribution in [3.05, 3.63) is 47.8 Å². The SMILES string of the molecule is COc1ccc(/C=C/CN2CCC[C@@H](n3cc(C(=O)N4CCCC4)nn3)C2)cc1. The number of likely N-dealkylation sites (tertiary alicyclic amines) is 2. The van der Waals surface area contributed by atoms with Crippen LogP contribution in [0.15, 0.2) is 36.5 Å². The molecule has 0 unspecified atom stereocenters. The van der Waals surface area contributed by atoms with E-state index in [1.54, 1.807) is 7.11 Å². The van der Waals surface area contributed by atoms with Crippen LogP contribution in [0.5, 0.6) is 5.75 Å². The van der Waals surface area contributed by atoms with Crippen molar-refractivity contribution in [3.63, 3.8) is 0 Å². The average Bonchev–Trinajstić information content (AvgIpc) is 3.46. The van der Waals surface area contributed by atoms with E-state index in [1.165, 1.54) is 5.56 Å². The number of hydrogen-bond donors (Lipinski definition) is 0. The van der Waals surface area contributed by atoms with Gasteiger partial charge in [-0.25, -0.2) is 4.68 Å². The maximum absolute atomic E-state index is 12.5. The third-order valence-corrected chi connectivity index (χ3v) is 5.77. The molecular formula is C22H29N5O2. The maximum atomic E-state index is 12.5. The van der Waals surface area contributed by atoms with Gasteiger partial charge in [0.15, 0.2) is 5.69 Å². The van der Waals surface area contributed by atoms with Crippen LogP contribution >= 0.6 is 0 Å². The molecule has 2 aromatic rings. The van der Waals surface area contributed by atoms with Crippen LogP contribution < -0.4 is 4.74 Å². The molecule has 0 saturated carbocycles. The molecule has 2 saturated heterocycles. The first-order chi connectivity index (χ1) is 14.2. The topological polar surface area (TPSA) is 63.5 Å². The summed E-state index contributed by atoms with van der Waals surface area (Å²) in [6.07, 6.45) is 10.5. The predicted molar refractivity (Wildman–Crippen MR) is 112 cm³/mol. The largest absolute Gasteiger partial charge is 0.497 e. The molecule has 1 amide bonds. The van der Waals surface area contributed by atoms with Gasteiger partial charge in [-0.1, -0.05) is 29.5 Å². The van der Waals surface area contributed by atoms with E-state index in [2.05, 4.69) is 39.5 Å². The zero-order valence-corrected chi connectivity index (χ0v) is 17.0. The summed E-state index contributed by atoms with van der Waals surface area (Å²) in [5.74, 6) is 0.889. The minimum atomic E-state index is 0.0174. The molecular weight excluding hydrogens is 366 g/mol. The lowest BCUT2D eigenvalue weighted by Crippen LogP contribution is -2.36. The Labute approximate surface area is 171 Å². The fourth-order valence-corrected chi connectivity index (χ4v) is 4.10. The van der Waals surface area contributed by atoms with Crippen molar-refractivity contribution in [2.24, 2.45) is 0 Å². The average molecular weight is 396 g/mol. The summed E-state index contributed by atoms with van der Waals surface area (Å²) in [7, 11) is 1.68. The number of amides is 1. The molecule has 0 N–H and O–H groups in total. The van der Waals surface area contributed by atoms with Crippen LogP contribution in [0.25, 0.3) is 6.08 Å². The molecule has 2 fully saturated rings. The van der Waals surface area contributed by atoms with E-state index in [1.807, 2.05) is 27.9 Å². The quantitative estimate of drug-likeness (QED) is 0.753. The monoisotopic (exact) mass is 395 g/mol. The summed E-state index contributed by atoms with van der Waals surface area (Å²) >= 11 is 0. The first kappa shape index (κ1) is 19.6. The standard InChI is InChI=1S/C22H29N5O2/c1-29-20-10-8-18(9-11-20)6-4-12-25-13-5-7-19(16-25)27-17-21(23-24-27)22(28)26-14-2-3-15-26/h4,6,8-11,17,19H,2-3,5,7,12-16H2,1H3/b6-4+/t19-/m1/s1. The van der Waals surface area contributed by atoms with Crippen molar-refractivity contribution < 1.29 is 9.53 Å². The number of carbonyl (C=O) groups is 1. The van der Waals surface area contributed by atoms with Crippen LogP contribution in [-0.4, -0.2) is 70.5 Å². The molecule has 3 heterocycles. The van der Waals surface area contributed by atoms with E-state index in [9.17, 15) is 4.79 Å². The van der Waals surface area contributed by atoms with E-state index in [0.717, 1.165) is 64.2 Å². The highest BCUT2D eigenvalue weighted by molar-refractivity contribution is 5.92. The number of piperidine rings is 1. The van der Waals surface area contributed by atoms with E-state index < -0.39 is 0 Å². The van der Waals surface area contributed by atoms with Crippen molar-refractivity contribution in [2.45, 2.75) is 31.7 Å². The number of aromatic nitrogens is 3. The molecule has 1 aromatic heterocycles. The molecule has 2 aliphatic heterocycles. The van der Waals surface area contributed by atoms with Crippen molar-refractivity contribution in [1.82, 2.24) is 24.8 Å². The summed E-state index contributed by atoms with van der Waals surface area (Å²) in [6, 6.07) is 8.33. The van der Waals surface area contributed by atoms with Gasteiger partial charge in [0.25, 0.3) is 5.91 Å². The Morgan fingerprint density at radius 2 is 1.97 bits per heavy atom. The molecule has 1 atom stereocenters. The normalized spacial score (nSPS) is 20.4. The molecule has 154 valence electrons. The van der Waals surface area contributed by atoms with Crippen LogP contribution in [0.3, 0.4) is 0 Å². The van der Waals surface area contributed by atoms with Gasteiger partial charge in [-0.2, -0.15) is 0 Å². The van der Waals surface area contributed by atoms with Gasteiger partial charge in [-0.15, -0.1) is 5.10 Å². The second-order valence-corrected chi connectivity index (χ2v) is 7.81. The van der Waals surface area contributed by atoms with Crippen LogP contribution in [-0.2, 0) is 0 Å². The number of ether oxygens (including phenoxy) is 1. The highest BCUT2D eigenvalue weighted by Gasteiger charge is 2.25. The van der Waals surface area contributed by atoms with Gasteiger partial charge in [0.2, 0.25) is 0 Å². The first-order valence-corrected chi connectivity index (χ1v) is 10.5. The Bertz CT molecular complexity index is 839. The van der Waals surface area contributed by atoms with E-state index in [-0.39, 0.29) is 11.9 Å². The van der Waals surface area contributed by atoms with Gasteiger partial charge >= 0.3 is 0 Å². The smallest absolute Gasteiger partial charge is 0.276 e. The maximum Gasteiger partial charge on any atom is 0.276 e. The molecule has 0 bridgehead atoms. The van der Waals surface area contributed by atoms with Crippen LogP contribution in [0, 0.1) is 0 Å². The van der Waals surface area contributed by atoms with Crippen molar-refractivity contribution in [2.75, 3.05) is 39.8 Å². The van der Waals surface area contributed by atoms with Gasteiger partial charge in [0.1, 0.15) is 5.75 Å². The Morgan fingerprint density at radius 1 is 1.17 bits per heavy atom. The molecule has 7 heteroatoms.